The number of piperazine rings is 1. The number of amides is 2. The summed E-state index contributed by atoms with van der Waals surface area (Å²) in [6.07, 6.45) is 3.80. The topological polar surface area (TPSA) is 96.9 Å². The number of anilines is 2. The van der Waals surface area contributed by atoms with Gasteiger partial charge in [-0.1, -0.05) is 0 Å². The van der Waals surface area contributed by atoms with Gasteiger partial charge in [-0.3, -0.25) is 9.59 Å². The molecule has 1 fully saturated rings. The van der Waals surface area contributed by atoms with Gasteiger partial charge in [0.05, 0.1) is 5.56 Å². The maximum Gasteiger partial charge on any atom is 0.257 e. The van der Waals surface area contributed by atoms with Gasteiger partial charge in [0, 0.05) is 50.3 Å². The predicted octanol–water partition coefficient (Wildman–Crippen LogP) is 0.863. The number of carbonyl (C=O) groups excluding carboxylic acids is 2. The Labute approximate surface area is 149 Å². The van der Waals surface area contributed by atoms with E-state index in [9.17, 15) is 9.59 Å². The molecule has 0 aliphatic carbocycles. The average molecular weight is 355 g/mol. The molecule has 0 unspecified atom stereocenters. The van der Waals surface area contributed by atoms with Crippen molar-refractivity contribution in [3.8, 4) is 11.5 Å². The van der Waals surface area contributed by atoms with E-state index in [-0.39, 0.29) is 12.7 Å². The van der Waals surface area contributed by atoms with Gasteiger partial charge in [-0.2, -0.15) is 0 Å². The van der Waals surface area contributed by atoms with E-state index in [1.807, 2.05) is 12.1 Å². The van der Waals surface area contributed by atoms with Crippen LogP contribution >= 0.6 is 0 Å². The Morgan fingerprint density at radius 2 is 1.81 bits per heavy atom. The second kappa shape index (κ2) is 6.87. The molecular formula is C17H17N5O4. The summed E-state index contributed by atoms with van der Waals surface area (Å²) < 4.78 is 10.6. The Balaban J connectivity index is 1.40. The van der Waals surface area contributed by atoms with E-state index in [1.54, 1.807) is 15.9 Å². The normalized spacial score (nSPS) is 15.7. The average Bonchev–Trinajstić information content (AvgIpc) is 3.16. The van der Waals surface area contributed by atoms with Crippen molar-refractivity contribution < 1.29 is 19.1 Å². The minimum absolute atomic E-state index is 0.134. The number of benzene rings is 1. The van der Waals surface area contributed by atoms with Gasteiger partial charge < -0.3 is 24.6 Å². The Kier molecular flexibility index (Phi) is 4.26. The van der Waals surface area contributed by atoms with Gasteiger partial charge in [-0.25, -0.2) is 9.97 Å². The first-order valence-electron chi connectivity index (χ1n) is 8.20. The fourth-order valence-electron chi connectivity index (χ4n) is 2.82. The van der Waals surface area contributed by atoms with Crippen LogP contribution in [0.5, 0.6) is 11.5 Å². The zero-order chi connectivity index (χ0) is 17.9. The number of nitrogens with zero attached hydrogens (tertiary/aromatic N) is 4. The Morgan fingerprint density at radius 1 is 1.08 bits per heavy atom. The van der Waals surface area contributed by atoms with Crippen molar-refractivity contribution in [2.24, 2.45) is 0 Å². The van der Waals surface area contributed by atoms with E-state index in [0.29, 0.717) is 49.2 Å². The van der Waals surface area contributed by atoms with Crippen LogP contribution in [0.2, 0.25) is 0 Å². The quantitative estimate of drug-likeness (QED) is 0.813. The molecule has 2 aliphatic heterocycles. The van der Waals surface area contributed by atoms with Crippen molar-refractivity contribution >= 4 is 24.0 Å². The molecule has 0 radical (unpaired) electrons. The summed E-state index contributed by atoms with van der Waals surface area (Å²) in [4.78, 5) is 35.0. The molecule has 1 aromatic carbocycles. The Bertz CT molecular complexity index is 818. The number of hydrogen-bond acceptors (Lipinski definition) is 7. The predicted molar refractivity (Wildman–Crippen MR) is 91.4 cm³/mol. The molecule has 0 atom stereocenters. The summed E-state index contributed by atoms with van der Waals surface area (Å²) in [5.74, 6) is 1.61. The number of ether oxygens (including phenoxy) is 2. The van der Waals surface area contributed by atoms with Crippen LogP contribution in [-0.2, 0) is 4.79 Å². The lowest BCUT2D eigenvalue weighted by Gasteiger charge is -2.32. The van der Waals surface area contributed by atoms with E-state index in [0.717, 1.165) is 12.1 Å². The third-order valence-electron chi connectivity index (χ3n) is 4.28. The largest absolute Gasteiger partial charge is 0.454 e. The molecule has 134 valence electrons. The molecule has 0 spiro atoms. The second-order valence-electron chi connectivity index (χ2n) is 5.92. The van der Waals surface area contributed by atoms with Crippen LogP contribution in [0.3, 0.4) is 0 Å². The summed E-state index contributed by atoms with van der Waals surface area (Å²) in [5.41, 5.74) is 1.18. The number of aromatic nitrogens is 2. The van der Waals surface area contributed by atoms with Crippen molar-refractivity contribution in [2.75, 3.05) is 38.3 Å². The third kappa shape index (κ3) is 3.23. The van der Waals surface area contributed by atoms with Crippen molar-refractivity contribution in [1.82, 2.24) is 19.8 Å². The molecule has 9 nitrogen and oxygen atoms in total. The van der Waals surface area contributed by atoms with E-state index < -0.39 is 0 Å². The third-order valence-corrected chi connectivity index (χ3v) is 4.28. The van der Waals surface area contributed by atoms with Crippen LogP contribution in [0, 0.1) is 0 Å². The van der Waals surface area contributed by atoms with Gasteiger partial charge in [0.2, 0.25) is 19.2 Å². The molecule has 1 aromatic heterocycles. The highest BCUT2D eigenvalue weighted by Crippen LogP contribution is 2.34. The summed E-state index contributed by atoms with van der Waals surface area (Å²) >= 11 is 0. The minimum atomic E-state index is -0.134. The fraction of sp³-hybridized carbons (Fsp3) is 0.294. The van der Waals surface area contributed by atoms with Crippen LogP contribution in [-0.4, -0.2) is 65.1 Å². The van der Waals surface area contributed by atoms with Crippen LogP contribution in [0.25, 0.3) is 0 Å². The van der Waals surface area contributed by atoms with Gasteiger partial charge in [-0.15, -0.1) is 0 Å². The zero-order valence-corrected chi connectivity index (χ0v) is 13.9. The fourth-order valence-corrected chi connectivity index (χ4v) is 2.82. The molecule has 0 saturated carbocycles. The first-order chi connectivity index (χ1) is 12.7. The molecule has 2 aromatic rings. The van der Waals surface area contributed by atoms with Gasteiger partial charge in [0.25, 0.3) is 5.91 Å². The van der Waals surface area contributed by atoms with E-state index >= 15 is 0 Å². The van der Waals surface area contributed by atoms with Crippen molar-refractivity contribution in [3.63, 3.8) is 0 Å². The number of carbonyl (C=O) groups is 2. The van der Waals surface area contributed by atoms with Crippen LogP contribution in [0.1, 0.15) is 10.4 Å². The Morgan fingerprint density at radius 3 is 2.54 bits per heavy atom. The molecule has 2 aliphatic rings. The summed E-state index contributed by atoms with van der Waals surface area (Å²) in [5, 5.41) is 3.06. The first kappa shape index (κ1) is 16.1. The molecule has 2 amide bonds. The number of hydrogen-bond donors (Lipinski definition) is 1. The Hall–Kier alpha value is -3.36. The molecule has 1 saturated heterocycles. The smallest absolute Gasteiger partial charge is 0.257 e. The molecule has 4 rings (SSSR count). The van der Waals surface area contributed by atoms with Gasteiger partial charge in [0.1, 0.15) is 0 Å². The number of rotatable bonds is 4. The van der Waals surface area contributed by atoms with Crippen molar-refractivity contribution in [3.05, 3.63) is 36.2 Å². The molecule has 9 heteroatoms. The second-order valence-corrected chi connectivity index (χ2v) is 5.92. The molecule has 3 heterocycles. The number of nitrogens with one attached hydrogen (secondary N) is 1. The van der Waals surface area contributed by atoms with E-state index in [2.05, 4.69) is 15.3 Å². The first-order valence-corrected chi connectivity index (χ1v) is 8.20. The van der Waals surface area contributed by atoms with Gasteiger partial charge >= 0.3 is 0 Å². The maximum atomic E-state index is 12.5. The minimum Gasteiger partial charge on any atom is -0.454 e. The standard InChI is InChI=1S/C17H17N5O4/c23-10-21-3-5-22(6-4-21)16(24)12-8-18-17(19-9-12)20-13-1-2-14-15(7-13)26-11-25-14/h1-2,7-10H,3-6,11H2,(H,18,19,20). The lowest BCUT2D eigenvalue weighted by atomic mass is 10.2. The van der Waals surface area contributed by atoms with Crippen LogP contribution < -0.4 is 14.8 Å². The maximum absolute atomic E-state index is 12.5. The van der Waals surface area contributed by atoms with Gasteiger partial charge in [0.15, 0.2) is 11.5 Å². The van der Waals surface area contributed by atoms with Crippen LogP contribution in [0.4, 0.5) is 11.6 Å². The van der Waals surface area contributed by atoms with E-state index in [4.69, 9.17) is 9.47 Å². The summed E-state index contributed by atoms with van der Waals surface area (Å²) in [7, 11) is 0. The molecule has 0 bridgehead atoms. The lowest BCUT2D eigenvalue weighted by molar-refractivity contribution is -0.119. The monoisotopic (exact) mass is 355 g/mol. The molecular weight excluding hydrogens is 338 g/mol. The lowest BCUT2D eigenvalue weighted by Crippen LogP contribution is -2.48. The molecule has 26 heavy (non-hydrogen) atoms. The molecule has 1 N–H and O–H groups in total. The van der Waals surface area contributed by atoms with E-state index in [1.165, 1.54) is 12.4 Å². The highest BCUT2D eigenvalue weighted by molar-refractivity contribution is 5.93. The zero-order valence-electron chi connectivity index (χ0n) is 13.9. The van der Waals surface area contributed by atoms with Crippen molar-refractivity contribution in [2.45, 2.75) is 0 Å². The highest BCUT2D eigenvalue weighted by atomic mass is 16.7. The van der Waals surface area contributed by atoms with Crippen LogP contribution in [0.15, 0.2) is 30.6 Å². The number of fused-ring (bicyclic) bond motifs is 1. The van der Waals surface area contributed by atoms with Crippen molar-refractivity contribution in [1.29, 1.82) is 0 Å². The SMILES string of the molecule is O=CN1CCN(C(=O)c2cnc(Nc3ccc4c(c3)OCO4)nc2)CC1. The highest BCUT2D eigenvalue weighted by Gasteiger charge is 2.22. The van der Waals surface area contributed by atoms with Gasteiger partial charge in [-0.05, 0) is 12.1 Å². The summed E-state index contributed by atoms with van der Waals surface area (Å²) in [6, 6.07) is 5.45. The summed E-state index contributed by atoms with van der Waals surface area (Å²) in [6.45, 7) is 2.32.